The third kappa shape index (κ3) is 8.96. The first-order valence-corrected chi connectivity index (χ1v) is 8.88. The molecular formula is C18H26F3N3O3. The molecule has 0 radical (unpaired) electrons. The molecule has 0 spiro atoms. The summed E-state index contributed by atoms with van der Waals surface area (Å²) in [5.74, 6) is 0.795. The molecule has 152 valence electrons. The largest absolute Gasteiger partial charge is 0.484 e. The molecule has 0 bridgehead atoms. The van der Waals surface area contributed by atoms with Crippen molar-refractivity contribution in [2.75, 3.05) is 40.0 Å². The van der Waals surface area contributed by atoms with E-state index in [2.05, 4.69) is 15.6 Å². The molecule has 0 aromatic heterocycles. The fourth-order valence-electron chi connectivity index (χ4n) is 2.49. The summed E-state index contributed by atoms with van der Waals surface area (Å²) in [4.78, 5) is 4.12. The third-order valence-corrected chi connectivity index (χ3v) is 3.84. The first kappa shape index (κ1) is 21.3. The van der Waals surface area contributed by atoms with Gasteiger partial charge in [-0.05, 0) is 30.5 Å². The van der Waals surface area contributed by atoms with Crippen LogP contribution in [0.1, 0.15) is 18.4 Å². The number of aliphatic imine (C=N–C) groups is 1. The van der Waals surface area contributed by atoms with Crippen LogP contribution in [0.2, 0.25) is 0 Å². The minimum atomic E-state index is -4.35. The van der Waals surface area contributed by atoms with Crippen LogP contribution in [0.15, 0.2) is 29.3 Å². The topological polar surface area (TPSA) is 64.1 Å². The van der Waals surface area contributed by atoms with Crippen molar-refractivity contribution in [2.24, 2.45) is 4.99 Å². The van der Waals surface area contributed by atoms with Gasteiger partial charge in [0.2, 0.25) is 0 Å². The molecule has 2 N–H and O–H groups in total. The SMILES string of the molecule is CN=C(NCCCOC1CCOC1)NCc1cccc(OCC(F)(F)F)c1. The van der Waals surface area contributed by atoms with Crippen molar-refractivity contribution >= 4 is 5.96 Å². The Balaban J connectivity index is 1.65. The average molecular weight is 389 g/mol. The Morgan fingerprint density at radius 2 is 2.19 bits per heavy atom. The lowest BCUT2D eigenvalue weighted by Gasteiger charge is -2.14. The zero-order chi connectivity index (χ0) is 19.5. The number of alkyl halides is 3. The van der Waals surface area contributed by atoms with E-state index in [0.717, 1.165) is 25.0 Å². The second-order valence-corrected chi connectivity index (χ2v) is 6.11. The average Bonchev–Trinajstić information content (AvgIpc) is 3.15. The maximum atomic E-state index is 12.2. The zero-order valence-electron chi connectivity index (χ0n) is 15.3. The molecule has 0 amide bonds. The van der Waals surface area contributed by atoms with Crippen molar-refractivity contribution in [3.05, 3.63) is 29.8 Å². The van der Waals surface area contributed by atoms with Crippen LogP contribution in [0, 0.1) is 0 Å². The number of hydrogen-bond donors (Lipinski definition) is 2. The van der Waals surface area contributed by atoms with Gasteiger partial charge in [0, 0.05) is 33.4 Å². The van der Waals surface area contributed by atoms with Gasteiger partial charge in [-0.25, -0.2) is 0 Å². The van der Waals surface area contributed by atoms with E-state index >= 15 is 0 Å². The molecule has 6 nitrogen and oxygen atoms in total. The fourth-order valence-corrected chi connectivity index (χ4v) is 2.49. The van der Waals surface area contributed by atoms with Gasteiger partial charge in [-0.2, -0.15) is 13.2 Å². The molecule has 0 aliphatic carbocycles. The van der Waals surface area contributed by atoms with Crippen LogP contribution < -0.4 is 15.4 Å². The summed E-state index contributed by atoms with van der Waals surface area (Å²) in [5, 5.41) is 6.29. The highest BCUT2D eigenvalue weighted by molar-refractivity contribution is 5.79. The van der Waals surface area contributed by atoms with Crippen LogP contribution in [-0.2, 0) is 16.0 Å². The van der Waals surface area contributed by atoms with E-state index in [4.69, 9.17) is 14.2 Å². The maximum Gasteiger partial charge on any atom is 0.422 e. The molecule has 1 aliphatic heterocycles. The monoisotopic (exact) mass is 389 g/mol. The summed E-state index contributed by atoms with van der Waals surface area (Å²) in [6.45, 7) is 1.89. The fraction of sp³-hybridized carbons (Fsp3) is 0.611. The third-order valence-electron chi connectivity index (χ3n) is 3.84. The lowest BCUT2D eigenvalue weighted by Crippen LogP contribution is -2.37. The predicted molar refractivity (Wildman–Crippen MR) is 96.0 cm³/mol. The van der Waals surface area contributed by atoms with Gasteiger partial charge in [-0.3, -0.25) is 4.99 Å². The molecule has 1 saturated heterocycles. The van der Waals surface area contributed by atoms with Gasteiger partial charge in [0.25, 0.3) is 0 Å². The first-order chi connectivity index (χ1) is 13.0. The molecule has 1 aromatic rings. The summed E-state index contributed by atoms with van der Waals surface area (Å²) in [7, 11) is 1.66. The Morgan fingerprint density at radius 3 is 2.89 bits per heavy atom. The van der Waals surface area contributed by atoms with Crippen molar-refractivity contribution in [1.82, 2.24) is 10.6 Å². The molecule has 0 saturated carbocycles. The van der Waals surface area contributed by atoms with E-state index in [9.17, 15) is 13.2 Å². The molecule has 9 heteroatoms. The van der Waals surface area contributed by atoms with Crippen LogP contribution in [0.3, 0.4) is 0 Å². The van der Waals surface area contributed by atoms with Crippen LogP contribution in [0.5, 0.6) is 5.75 Å². The van der Waals surface area contributed by atoms with Crippen LogP contribution in [0.25, 0.3) is 0 Å². The summed E-state index contributed by atoms with van der Waals surface area (Å²) in [5.41, 5.74) is 0.794. The Bertz CT molecular complexity index is 591. The van der Waals surface area contributed by atoms with Crippen molar-refractivity contribution < 1.29 is 27.4 Å². The molecule has 1 unspecified atom stereocenters. The normalized spacial score (nSPS) is 17.8. The maximum absolute atomic E-state index is 12.2. The van der Waals surface area contributed by atoms with Crippen molar-refractivity contribution in [3.63, 3.8) is 0 Å². The van der Waals surface area contributed by atoms with Gasteiger partial charge in [0.05, 0.1) is 12.7 Å². The highest BCUT2D eigenvalue weighted by Gasteiger charge is 2.28. The van der Waals surface area contributed by atoms with E-state index in [-0.39, 0.29) is 11.9 Å². The minimum Gasteiger partial charge on any atom is -0.484 e. The van der Waals surface area contributed by atoms with E-state index in [0.29, 0.717) is 32.3 Å². The smallest absolute Gasteiger partial charge is 0.422 e. The molecule has 1 aliphatic rings. The summed E-state index contributed by atoms with van der Waals surface area (Å²) < 4.78 is 52.4. The van der Waals surface area contributed by atoms with Gasteiger partial charge < -0.3 is 24.8 Å². The van der Waals surface area contributed by atoms with E-state index < -0.39 is 12.8 Å². The zero-order valence-corrected chi connectivity index (χ0v) is 15.3. The van der Waals surface area contributed by atoms with Gasteiger partial charge in [-0.1, -0.05) is 12.1 Å². The quantitative estimate of drug-likeness (QED) is 0.386. The standard InChI is InChI=1S/C18H26F3N3O3/c1-22-17(23-7-3-8-26-16-6-9-25-12-16)24-11-14-4-2-5-15(10-14)27-13-18(19,20)21/h2,4-5,10,16H,3,6-9,11-13H2,1H3,(H2,22,23,24). The number of rotatable bonds is 9. The van der Waals surface area contributed by atoms with E-state index in [1.807, 2.05) is 0 Å². The van der Waals surface area contributed by atoms with Gasteiger partial charge >= 0.3 is 6.18 Å². The predicted octanol–water partition coefficient (Wildman–Crippen LogP) is 2.49. The first-order valence-electron chi connectivity index (χ1n) is 8.88. The second-order valence-electron chi connectivity index (χ2n) is 6.11. The van der Waals surface area contributed by atoms with Gasteiger partial charge in [0.15, 0.2) is 12.6 Å². The minimum absolute atomic E-state index is 0.183. The molecular weight excluding hydrogens is 363 g/mol. The molecule has 1 heterocycles. The number of benzene rings is 1. The Hall–Kier alpha value is -2.00. The number of halogens is 3. The number of nitrogens with one attached hydrogen (secondary N) is 2. The second kappa shape index (κ2) is 11.0. The molecule has 1 fully saturated rings. The van der Waals surface area contributed by atoms with Crippen LogP contribution >= 0.6 is 0 Å². The van der Waals surface area contributed by atoms with Crippen molar-refractivity contribution in [1.29, 1.82) is 0 Å². The lowest BCUT2D eigenvalue weighted by atomic mass is 10.2. The lowest BCUT2D eigenvalue weighted by molar-refractivity contribution is -0.153. The van der Waals surface area contributed by atoms with Crippen LogP contribution in [-0.4, -0.2) is 58.3 Å². The highest BCUT2D eigenvalue weighted by Crippen LogP contribution is 2.19. The summed E-state index contributed by atoms with van der Waals surface area (Å²) >= 11 is 0. The Kier molecular flexibility index (Phi) is 8.66. The van der Waals surface area contributed by atoms with Crippen LogP contribution in [0.4, 0.5) is 13.2 Å². The molecule has 2 rings (SSSR count). The van der Waals surface area contributed by atoms with Crippen molar-refractivity contribution in [3.8, 4) is 5.75 Å². The number of nitrogens with zero attached hydrogens (tertiary/aromatic N) is 1. The number of guanidine groups is 1. The van der Waals surface area contributed by atoms with E-state index in [1.165, 1.54) is 6.07 Å². The van der Waals surface area contributed by atoms with Gasteiger partial charge in [-0.15, -0.1) is 0 Å². The van der Waals surface area contributed by atoms with Gasteiger partial charge in [0.1, 0.15) is 5.75 Å². The van der Waals surface area contributed by atoms with E-state index in [1.54, 1.807) is 25.2 Å². The highest BCUT2D eigenvalue weighted by atomic mass is 19.4. The molecule has 1 aromatic carbocycles. The number of ether oxygens (including phenoxy) is 3. The Labute approximate surface area is 157 Å². The van der Waals surface area contributed by atoms with Crippen molar-refractivity contribution in [2.45, 2.75) is 31.7 Å². The summed E-state index contributed by atoms with van der Waals surface area (Å²) in [6, 6.07) is 6.53. The number of hydrogen-bond acceptors (Lipinski definition) is 4. The molecule has 27 heavy (non-hydrogen) atoms. The Morgan fingerprint density at radius 1 is 1.33 bits per heavy atom. The molecule has 1 atom stereocenters. The summed E-state index contributed by atoms with van der Waals surface area (Å²) in [6.07, 6.45) is -2.37.